The first-order valence-electron chi connectivity index (χ1n) is 6.17. The van der Waals surface area contributed by atoms with Crippen molar-refractivity contribution in [2.75, 3.05) is 19.7 Å². The number of aliphatic carboxylic acids is 1. The lowest BCUT2D eigenvalue weighted by molar-refractivity contribution is -0.142. The lowest BCUT2D eigenvalue weighted by Gasteiger charge is -2.37. The third-order valence-electron chi connectivity index (χ3n) is 4.54. The molecule has 1 heterocycles. The van der Waals surface area contributed by atoms with E-state index in [1.165, 1.54) is 12.8 Å². The summed E-state index contributed by atoms with van der Waals surface area (Å²) in [6.45, 7) is 3.54. The number of hydrogen-bond donors (Lipinski definition) is 2. The van der Waals surface area contributed by atoms with Crippen LogP contribution in [0.4, 0.5) is 0 Å². The van der Waals surface area contributed by atoms with Gasteiger partial charge < -0.3 is 10.2 Å². The lowest BCUT2D eigenvalue weighted by Crippen LogP contribution is -2.40. The van der Waals surface area contributed by atoms with Crippen LogP contribution in [0.2, 0.25) is 0 Å². The van der Waals surface area contributed by atoms with E-state index < -0.39 is 12.0 Å². The van der Waals surface area contributed by atoms with Crippen LogP contribution >= 0.6 is 0 Å². The Labute approximate surface area is 96.3 Å². The number of hydrogen-bond acceptors (Lipinski definition) is 3. The van der Waals surface area contributed by atoms with Crippen LogP contribution in [0.1, 0.15) is 32.6 Å². The first-order chi connectivity index (χ1) is 7.59. The summed E-state index contributed by atoms with van der Waals surface area (Å²) in [6, 6.07) is -0.422. The predicted octanol–water partition coefficient (Wildman–Crippen LogP) is 0.944. The van der Waals surface area contributed by atoms with E-state index in [0.717, 1.165) is 25.9 Å². The van der Waals surface area contributed by atoms with Crippen molar-refractivity contribution >= 4 is 5.97 Å². The van der Waals surface area contributed by atoms with E-state index >= 15 is 0 Å². The fourth-order valence-corrected chi connectivity index (χ4v) is 3.33. The molecular weight excluding hydrogens is 206 g/mol. The number of carboxylic acids is 1. The molecule has 0 amide bonds. The Morgan fingerprint density at radius 2 is 2.31 bits per heavy atom. The van der Waals surface area contributed by atoms with Gasteiger partial charge in [-0.05, 0) is 25.7 Å². The summed E-state index contributed by atoms with van der Waals surface area (Å²) < 4.78 is 0. The molecule has 1 saturated carbocycles. The largest absolute Gasteiger partial charge is 0.480 e. The van der Waals surface area contributed by atoms with Gasteiger partial charge in [-0.1, -0.05) is 12.8 Å². The number of rotatable bonds is 3. The monoisotopic (exact) mass is 227 g/mol. The average Bonchev–Trinajstić information content (AvgIpc) is 2.67. The number of carboxylic acid groups (broad SMARTS) is 1. The molecule has 92 valence electrons. The van der Waals surface area contributed by atoms with Crippen LogP contribution in [0.5, 0.6) is 0 Å². The summed E-state index contributed by atoms with van der Waals surface area (Å²) >= 11 is 0. The van der Waals surface area contributed by atoms with Gasteiger partial charge in [0.2, 0.25) is 0 Å². The highest BCUT2D eigenvalue weighted by Crippen LogP contribution is 2.46. The normalized spacial score (nSPS) is 37.0. The lowest BCUT2D eigenvalue weighted by atomic mass is 9.69. The van der Waals surface area contributed by atoms with Gasteiger partial charge in [-0.2, -0.15) is 0 Å². The molecule has 0 aromatic rings. The molecule has 2 aliphatic rings. The van der Waals surface area contributed by atoms with Crippen molar-refractivity contribution in [3.63, 3.8) is 0 Å². The smallest absolute Gasteiger partial charge is 0.320 e. The maximum absolute atomic E-state index is 11.0. The van der Waals surface area contributed by atoms with Crippen molar-refractivity contribution in [3.8, 4) is 0 Å². The fourth-order valence-electron chi connectivity index (χ4n) is 3.33. The molecule has 2 rings (SSSR count). The Morgan fingerprint density at radius 1 is 1.56 bits per heavy atom. The van der Waals surface area contributed by atoms with Gasteiger partial charge in [0.05, 0.1) is 6.61 Å². The number of aliphatic hydroxyl groups is 1. The number of aliphatic hydroxyl groups excluding tert-OH is 1. The zero-order chi connectivity index (χ0) is 11.8. The van der Waals surface area contributed by atoms with Crippen molar-refractivity contribution in [1.29, 1.82) is 0 Å². The fraction of sp³-hybridized carbons (Fsp3) is 0.917. The number of carbonyl (C=O) groups is 1. The first-order valence-corrected chi connectivity index (χ1v) is 6.17. The van der Waals surface area contributed by atoms with Crippen LogP contribution < -0.4 is 0 Å². The summed E-state index contributed by atoms with van der Waals surface area (Å²) in [5.41, 5.74) is -0.0119. The van der Waals surface area contributed by atoms with E-state index in [2.05, 4.69) is 0 Å². The Kier molecular flexibility index (Phi) is 3.22. The number of nitrogens with zero attached hydrogens (tertiary/aromatic N) is 1. The zero-order valence-corrected chi connectivity index (χ0v) is 9.85. The molecule has 1 saturated heterocycles. The van der Waals surface area contributed by atoms with Crippen molar-refractivity contribution in [2.24, 2.45) is 11.3 Å². The van der Waals surface area contributed by atoms with E-state index in [1.807, 2.05) is 4.90 Å². The molecule has 0 spiro atoms. The quantitative estimate of drug-likeness (QED) is 0.753. The van der Waals surface area contributed by atoms with Gasteiger partial charge in [-0.3, -0.25) is 9.69 Å². The summed E-state index contributed by atoms with van der Waals surface area (Å²) in [7, 11) is 0. The van der Waals surface area contributed by atoms with E-state index in [4.69, 9.17) is 5.11 Å². The van der Waals surface area contributed by atoms with Crippen LogP contribution in [0.25, 0.3) is 0 Å². The molecule has 3 unspecified atom stereocenters. The topological polar surface area (TPSA) is 60.8 Å². The highest BCUT2D eigenvalue weighted by Gasteiger charge is 2.48. The Bertz CT molecular complexity index is 281. The molecule has 1 aliphatic heterocycles. The van der Waals surface area contributed by atoms with Crippen LogP contribution in [0, 0.1) is 11.3 Å². The van der Waals surface area contributed by atoms with Gasteiger partial charge in [-0.25, -0.2) is 0 Å². The Balaban J connectivity index is 2.10. The molecule has 4 nitrogen and oxygen atoms in total. The molecule has 2 fully saturated rings. The maximum atomic E-state index is 11.0. The van der Waals surface area contributed by atoms with E-state index in [0.29, 0.717) is 5.92 Å². The van der Waals surface area contributed by atoms with Crippen LogP contribution in [-0.2, 0) is 4.79 Å². The number of likely N-dealkylation sites (tertiary alicyclic amines) is 1. The predicted molar refractivity (Wildman–Crippen MR) is 60.1 cm³/mol. The molecule has 3 atom stereocenters. The molecule has 0 bridgehead atoms. The second kappa shape index (κ2) is 4.34. The second-order valence-corrected chi connectivity index (χ2v) is 5.41. The second-order valence-electron chi connectivity index (χ2n) is 5.41. The van der Waals surface area contributed by atoms with Gasteiger partial charge in [0.1, 0.15) is 6.04 Å². The minimum atomic E-state index is -0.758. The van der Waals surface area contributed by atoms with E-state index in [1.54, 1.807) is 6.92 Å². The Hall–Kier alpha value is -0.610. The average molecular weight is 227 g/mol. The van der Waals surface area contributed by atoms with Crippen molar-refractivity contribution in [3.05, 3.63) is 0 Å². The SMILES string of the molecule is CC(C(=O)O)N1CC2CCCCC2(CO)C1. The summed E-state index contributed by atoms with van der Waals surface area (Å²) in [5, 5.41) is 18.6. The summed E-state index contributed by atoms with van der Waals surface area (Å²) in [5.74, 6) is -0.264. The molecule has 1 aliphatic carbocycles. The van der Waals surface area contributed by atoms with Crippen LogP contribution in [-0.4, -0.2) is 46.8 Å². The minimum absolute atomic E-state index is 0.0119. The first kappa shape index (κ1) is 11.9. The Morgan fingerprint density at radius 3 is 2.88 bits per heavy atom. The molecule has 4 heteroatoms. The molecule has 0 aromatic carbocycles. The van der Waals surface area contributed by atoms with Gasteiger partial charge in [0.25, 0.3) is 0 Å². The molecule has 2 N–H and O–H groups in total. The van der Waals surface area contributed by atoms with Crippen LogP contribution in [0.3, 0.4) is 0 Å². The molecular formula is C12H21NO3. The molecule has 16 heavy (non-hydrogen) atoms. The summed E-state index contributed by atoms with van der Waals surface area (Å²) in [6.07, 6.45) is 4.59. The molecule has 0 radical (unpaired) electrons. The van der Waals surface area contributed by atoms with E-state index in [9.17, 15) is 9.90 Å². The van der Waals surface area contributed by atoms with Crippen molar-refractivity contribution in [2.45, 2.75) is 38.6 Å². The van der Waals surface area contributed by atoms with Gasteiger partial charge in [0.15, 0.2) is 0 Å². The highest BCUT2D eigenvalue weighted by atomic mass is 16.4. The number of fused-ring (bicyclic) bond motifs is 1. The van der Waals surface area contributed by atoms with Crippen molar-refractivity contribution < 1.29 is 15.0 Å². The minimum Gasteiger partial charge on any atom is -0.480 e. The van der Waals surface area contributed by atoms with Gasteiger partial charge in [0, 0.05) is 18.5 Å². The highest BCUT2D eigenvalue weighted by molar-refractivity contribution is 5.72. The van der Waals surface area contributed by atoms with Gasteiger partial charge >= 0.3 is 5.97 Å². The standard InChI is InChI=1S/C12H21NO3/c1-9(11(15)16)13-6-10-4-2-3-5-12(10,7-13)8-14/h9-10,14H,2-8H2,1H3,(H,15,16). The maximum Gasteiger partial charge on any atom is 0.320 e. The van der Waals surface area contributed by atoms with Crippen LogP contribution in [0.15, 0.2) is 0 Å². The molecule has 0 aromatic heterocycles. The van der Waals surface area contributed by atoms with Gasteiger partial charge in [-0.15, -0.1) is 0 Å². The third kappa shape index (κ3) is 1.84. The third-order valence-corrected chi connectivity index (χ3v) is 4.54. The van der Waals surface area contributed by atoms with Crippen molar-refractivity contribution in [1.82, 2.24) is 4.90 Å². The zero-order valence-electron chi connectivity index (χ0n) is 9.85. The van der Waals surface area contributed by atoms with E-state index in [-0.39, 0.29) is 12.0 Å². The summed E-state index contributed by atoms with van der Waals surface area (Å²) in [4.78, 5) is 13.0.